The summed E-state index contributed by atoms with van der Waals surface area (Å²) in [5.41, 5.74) is 1.93. The quantitative estimate of drug-likeness (QED) is 0.797. The smallest absolute Gasteiger partial charge is 0.246 e. The third-order valence-corrected chi connectivity index (χ3v) is 3.90. The van der Waals surface area contributed by atoms with Crippen molar-refractivity contribution in [2.24, 2.45) is 0 Å². The number of carbonyl (C=O) groups is 1. The first-order chi connectivity index (χ1) is 9.58. The van der Waals surface area contributed by atoms with Gasteiger partial charge in [-0.1, -0.05) is 17.7 Å². The molecule has 108 valence electrons. The highest BCUT2D eigenvalue weighted by molar-refractivity contribution is 6.32. The molecule has 0 radical (unpaired) electrons. The van der Waals surface area contributed by atoms with Crippen molar-refractivity contribution in [3.8, 4) is 0 Å². The maximum atomic E-state index is 12.0. The normalized spacial score (nSPS) is 15.7. The molecule has 1 aromatic rings. The van der Waals surface area contributed by atoms with E-state index in [1.807, 2.05) is 42.1 Å². The summed E-state index contributed by atoms with van der Waals surface area (Å²) in [7, 11) is 3.95. The van der Waals surface area contributed by atoms with E-state index in [4.69, 9.17) is 11.6 Å². The van der Waals surface area contributed by atoms with Crippen molar-refractivity contribution in [2.75, 3.05) is 32.1 Å². The van der Waals surface area contributed by atoms with E-state index in [-0.39, 0.29) is 5.91 Å². The van der Waals surface area contributed by atoms with Crippen LogP contribution in [-0.2, 0) is 4.79 Å². The molecule has 0 aromatic heterocycles. The molecule has 1 aliphatic rings. The van der Waals surface area contributed by atoms with Gasteiger partial charge in [-0.05, 0) is 43.0 Å². The molecule has 4 heteroatoms. The molecule has 1 fully saturated rings. The lowest BCUT2D eigenvalue weighted by Crippen LogP contribution is -2.34. The van der Waals surface area contributed by atoms with Crippen LogP contribution >= 0.6 is 11.6 Å². The second-order valence-corrected chi connectivity index (χ2v) is 5.73. The van der Waals surface area contributed by atoms with Gasteiger partial charge in [-0.15, -0.1) is 0 Å². The lowest BCUT2D eigenvalue weighted by atomic mass is 10.1. The Kier molecular flexibility index (Phi) is 5.07. The fourth-order valence-electron chi connectivity index (χ4n) is 2.31. The number of likely N-dealkylation sites (tertiary alicyclic amines) is 1. The largest absolute Gasteiger partial charge is 0.378 e. The van der Waals surface area contributed by atoms with Gasteiger partial charge in [0.1, 0.15) is 0 Å². The minimum Gasteiger partial charge on any atom is -0.378 e. The van der Waals surface area contributed by atoms with Crippen LogP contribution in [0.25, 0.3) is 6.08 Å². The van der Waals surface area contributed by atoms with Crippen molar-refractivity contribution < 1.29 is 4.79 Å². The van der Waals surface area contributed by atoms with Crippen LogP contribution in [0.4, 0.5) is 5.69 Å². The zero-order valence-corrected chi connectivity index (χ0v) is 12.9. The van der Waals surface area contributed by atoms with Gasteiger partial charge in [0.2, 0.25) is 5.91 Å². The lowest BCUT2D eigenvalue weighted by Gasteiger charge is -2.25. The Morgan fingerprint density at radius 2 is 1.95 bits per heavy atom. The molecule has 0 atom stereocenters. The third-order valence-electron chi connectivity index (χ3n) is 3.57. The number of halogens is 1. The summed E-state index contributed by atoms with van der Waals surface area (Å²) < 4.78 is 0. The Morgan fingerprint density at radius 1 is 1.25 bits per heavy atom. The van der Waals surface area contributed by atoms with E-state index in [0.29, 0.717) is 5.02 Å². The van der Waals surface area contributed by atoms with Gasteiger partial charge in [0, 0.05) is 44.0 Å². The molecule has 1 aliphatic heterocycles. The maximum Gasteiger partial charge on any atom is 0.246 e. The van der Waals surface area contributed by atoms with E-state index >= 15 is 0 Å². The van der Waals surface area contributed by atoms with Gasteiger partial charge in [-0.2, -0.15) is 0 Å². The van der Waals surface area contributed by atoms with E-state index in [0.717, 1.165) is 37.2 Å². The summed E-state index contributed by atoms with van der Waals surface area (Å²) in [4.78, 5) is 15.9. The average Bonchev–Trinajstić information content (AvgIpc) is 2.46. The molecule has 0 unspecified atom stereocenters. The maximum absolute atomic E-state index is 12.0. The van der Waals surface area contributed by atoms with Gasteiger partial charge in [0.05, 0.1) is 0 Å². The fraction of sp³-hybridized carbons (Fsp3) is 0.438. The topological polar surface area (TPSA) is 23.6 Å². The Morgan fingerprint density at radius 3 is 2.55 bits per heavy atom. The van der Waals surface area contributed by atoms with Crippen LogP contribution in [0.3, 0.4) is 0 Å². The van der Waals surface area contributed by atoms with Crippen molar-refractivity contribution in [1.29, 1.82) is 0 Å². The summed E-state index contributed by atoms with van der Waals surface area (Å²) in [5.74, 6) is 0.0810. The van der Waals surface area contributed by atoms with Gasteiger partial charge in [0.15, 0.2) is 0 Å². The molecular formula is C16H21ClN2O. The monoisotopic (exact) mass is 292 g/mol. The Hall–Kier alpha value is -1.48. The molecule has 1 heterocycles. The van der Waals surface area contributed by atoms with Gasteiger partial charge in [-0.25, -0.2) is 0 Å². The number of rotatable bonds is 3. The minimum absolute atomic E-state index is 0.0810. The fourth-order valence-corrected chi connectivity index (χ4v) is 2.55. The number of anilines is 1. The minimum atomic E-state index is 0.0810. The number of hydrogen-bond donors (Lipinski definition) is 0. The van der Waals surface area contributed by atoms with Crippen molar-refractivity contribution in [3.63, 3.8) is 0 Å². The van der Waals surface area contributed by atoms with Gasteiger partial charge in [0.25, 0.3) is 0 Å². The van der Waals surface area contributed by atoms with Crippen molar-refractivity contribution >= 4 is 29.3 Å². The van der Waals surface area contributed by atoms with Crippen LogP contribution in [0, 0.1) is 0 Å². The van der Waals surface area contributed by atoms with Crippen LogP contribution in [0.15, 0.2) is 24.3 Å². The van der Waals surface area contributed by atoms with E-state index in [1.54, 1.807) is 12.2 Å². The molecule has 1 saturated heterocycles. The molecular weight excluding hydrogens is 272 g/mol. The highest BCUT2D eigenvalue weighted by Crippen LogP contribution is 2.23. The molecule has 0 bridgehead atoms. The lowest BCUT2D eigenvalue weighted by molar-refractivity contribution is -0.126. The number of benzene rings is 1. The van der Waals surface area contributed by atoms with Crippen molar-refractivity contribution in [1.82, 2.24) is 4.90 Å². The number of carbonyl (C=O) groups excluding carboxylic acids is 1. The Labute approximate surface area is 125 Å². The molecule has 3 nitrogen and oxygen atoms in total. The number of nitrogens with zero attached hydrogens (tertiary/aromatic N) is 2. The predicted molar refractivity (Wildman–Crippen MR) is 85.2 cm³/mol. The van der Waals surface area contributed by atoms with Crippen LogP contribution in [0.5, 0.6) is 0 Å². The van der Waals surface area contributed by atoms with E-state index < -0.39 is 0 Å². The van der Waals surface area contributed by atoms with Gasteiger partial charge >= 0.3 is 0 Å². The molecule has 0 spiro atoms. The first kappa shape index (κ1) is 14.9. The second-order valence-electron chi connectivity index (χ2n) is 5.32. The molecule has 0 saturated carbocycles. The Balaban J connectivity index is 2.05. The SMILES string of the molecule is CN(C)c1ccc(/C=C/C(=O)N2CCCCC2)c(Cl)c1. The second kappa shape index (κ2) is 6.80. The zero-order chi connectivity index (χ0) is 14.5. The van der Waals surface area contributed by atoms with E-state index in [9.17, 15) is 4.79 Å². The highest BCUT2D eigenvalue weighted by Gasteiger charge is 2.13. The summed E-state index contributed by atoms with van der Waals surface area (Å²) in [6.45, 7) is 1.74. The third kappa shape index (κ3) is 3.76. The molecule has 0 aliphatic carbocycles. The first-order valence-electron chi connectivity index (χ1n) is 7.02. The van der Waals surface area contributed by atoms with Crippen molar-refractivity contribution in [2.45, 2.75) is 19.3 Å². The summed E-state index contributed by atoms with van der Waals surface area (Å²) in [6, 6.07) is 5.85. The van der Waals surface area contributed by atoms with Gasteiger partial charge < -0.3 is 9.80 Å². The van der Waals surface area contributed by atoms with E-state index in [1.165, 1.54) is 6.42 Å². The van der Waals surface area contributed by atoms with Crippen LogP contribution < -0.4 is 4.90 Å². The standard InChI is InChI=1S/C16H21ClN2O/c1-18(2)14-8-6-13(15(17)12-14)7-9-16(20)19-10-4-3-5-11-19/h6-9,12H,3-5,10-11H2,1-2H3/b9-7+. The zero-order valence-electron chi connectivity index (χ0n) is 12.1. The number of amides is 1. The van der Waals surface area contributed by atoms with E-state index in [2.05, 4.69) is 0 Å². The molecule has 20 heavy (non-hydrogen) atoms. The van der Waals surface area contributed by atoms with Crippen molar-refractivity contribution in [3.05, 3.63) is 34.9 Å². The number of piperidine rings is 1. The summed E-state index contributed by atoms with van der Waals surface area (Å²) in [6.07, 6.45) is 6.88. The van der Waals surface area contributed by atoms with Crippen LogP contribution in [-0.4, -0.2) is 38.0 Å². The van der Waals surface area contributed by atoms with Crippen LogP contribution in [0.2, 0.25) is 5.02 Å². The van der Waals surface area contributed by atoms with Crippen LogP contribution in [0.1, 0.15) is 24.8 Å². The molecule has 1 aromatic carbocycles. The van der Waals surface area contributed by atoms with Gasteiger partial charge in [-0.3, -0.25) is 4.79 Å². The molecule has 0 N–H and O–H groups in total. The predicted octanol–water partition coefficient (Wildman–Crippen LogP) is 3.43. The first-order valence-corrected chi connectivity index (χ1v) is 7.39. The molecule has 2 rings (SSSR count). The molecule has 1 amide bonds. The highest BCUT2D eigenvalue weighted by atomic mass is 35.5. The summed E-state index contributed by atoms with van der Waals surface area (Å²) >= 11 is 6.24. The Bertz CT molecular complexity index is 505. The number of hydrogen-bond acceptors (Lipinski definition) is 2. The summed E-state index contributed by atoms with van der Waals surface area (Å²) in [5, 5.41) is 0.666. The average molecular weight is 293 g/mol.